The summed E-state index contributed by atoms with van der Waals surface area (Å²) in [7, 11) is 0. The quantitative estimate of drug-likeness (QED) is 0.892. The molecule has 1 aliphatic heterocycles. The average molecular weight is 330 g/mol. The first-order valence-corrected chi connectivity index (χ1v) is 7.59. The van der Waals surface area contributed by atoms with Crippen molar-refractivity contribution in [3.05, 3.63) is 29.8 Å². The first-order valence-electron chi connectivity index (χ1n) is 7.59. The summed E-state index contributed by atoms with van der Waals surface area (Å²) < 4.78 is 37.5. The van der Waals surface area contributed by atoms with E-state index in [4.69, 9.17) is 0 Å². The molecule has 1 atom stereocenters. The van der Waals surface area contributed by atoms with E-state index in [1.165, 1.54) is 0 Å². The van der Waals surface area contributed by atoms with E-state index in [9.17, 15) is 23.1 Å². The highest BCUT2D eigenvalue weighted by Crippen LogP contribution is 2.31. The SMILES string of the molecule is Cc1ccc(NC(=O)CN2CCC(C(O)C(F)(F)F)CC2)cc1. The third-order valence-corrected chi connectivity index (χ3v) is 4.12. The van der Waals surface area contributed by atoms with Crippen LogP contribution in [0.4, 0.5) is 18.9 Å². The molecule has 0 spiro atoms. The number of piperidine rings is 1. The number of hydrogen-bond acceptors (Lipinski definition) is 3. The van der Waals surface area contributed by atoms with Crippen molar-refractivity contribution in [3.63, 3.8) is 0 Å². The molecule has 0 saturated carbocycles. The van der Waals surface area contributed by atoms with E-state index in [2.05, 4.69) is 5.32 Å². The highest BCUT2D eigenvalue weighted by Gasteiger charge is 2.44. The summed E-state index contributed by atoms with van der Waals surface area (Å²) in [5.41, 5.74) is 1.79. The molecule has 2 N–H and O–H groups in total. The van der Waals surface area contributed by atoms with E-state index in [1.807, 2.05) is 24.0 Å². The van der Waals surface area contributed by atoms with E-state index < -0.39 is 18.2 Å². The number of likely N-dealkylation sites (tertiary alicyclic amines) is 1. The minimum absolute atomic E-state index is 0.142. The molecule has 2 rings (SSSR count). The molecule has 1 amide bonds. The lowest BCUT2D eigenvalue weighted by molar-refractivity contribution is -0.223. The van der Waals surface area contributed by atoms with Crippen LogP contribution in [0.3, 0.4) is 0 Å². The second-order valence-corrected chi connectivity index (χ2v) is 6.01. The van der Waals surface area contributed by atoms with Crippen molar-refractivity contribution >= 4 is 11.6 Å². The lowest BCUT2D eigenvalue weighted by Gasteiger charge is -2.34. The van der Waals surface area contributed by atoms with Gasteiger partial charge >= 0.3 is 6.18 Å². The van der Waals surface area contributed by atoms with Crippen molar-refractivity contribution in [3.8, 4) is 0 Å². The van der Waals surface area contributed by atoms with Gasteiger partial charge in [0.2, 0.25) is 5.91 Å². The van der Waals surface area contributed by atoms with Crippen LogP contribution >= 0.6 is 0 Å². The number of halogens is 3. The molecule has 1 fully saturated rings. The number of amides is 1. The zero-order valence-corrected chi connectivity index (χ0v) is 12.9. The summed E-state index contributed by atoms with van der Waals surface area (Å²) in [6.07, 6.45) is -6.38. The van der Waals surface area contributed by atoms with Crippen molar-refractivity contribution in [2.24, 2.45) is 5.92 Å². The highest BCUT2D eigenvalue weighted by molar-refractivity contribution is 5.92. The third-order valence-electron chi connectivity index (χ3n) is 4.12. The van der Waals surface area contributed by atoms with Gasteiger partial charge in [0.15, 0.2) is 6.10 Å². The van der Waals surface area contributed by atoms with E-state index in [0.717, 1.165) is 5.56 Å². The van der Waals surface area contributed by atoms with E-state index in [0.29, 0.717) is 18.8 Å². The number of benzene rings is 1. The highest BCUT2D eigenvalue weighted by atomic mass is 19.4. The van der Waals surface area contributed by atoms with E-state index >= 15 is 0 Å². The Hall–Kier alpha value is -1.60. The monoisotopic (exact) mass is 330 g/mol. The zero-order chi connectivity index (χ0) is 17.0. The van der Waals surface area contributed by atoms with Crippen LogP contribution < -0.4 is 5.32 Å². The molecule has 1 aromatic rings. The maximum Gasteiger partial charge on any atom is 0.414 e. The number of nitrogens with zero attached hydrogens (tertiary/aromatic N) is 1. The van der Waals surface area contributed by atoms with Crippen molar-refractivity contribution in [2.45, 2.75) is 32.0 Å². The normalized spacial score (nSPS) is 18.7. The van der Waals surface area contributed by atoms with Crippen LogP contribution in [0.2, 0.25) is 0 Å². The summed E-state index contributed by atoms with van der Waals surface area (Å²) in [5, 5.41) is 12.0. The van der Waals surface area contributed by atoms with Gasteiger partial charge in [-0.05, 0) is 50.9 Å². The summed E-state index contributed by atoms with van der Waals surface area (Å²) in [6, 6.07) is 7.39. The lowest BCUT2D eigenvalue weighted by Crippen LogP contribution is -2.45. The number of aryl methyl sites for hydroxylation is 1. The maximum absolute atomic E-state index is 12.5. The summed E-state index contributed by atoms with van der Waals surface area (Å²) in [4.78, 5) is 13.8. The molecule has 0 bridgehead atoms. The van der Waals surface area contributed by atoms with Gasteiger partial charge in [0, 0.05) is 5.69 Å². The Bertz CT molecular complexity index is 523. The largest absolute Gasteiger partial charge is 0.414 e. The Labute approximate surface area is 133 Å². The van der Waals surface area contributed by atoms with E-state index in [1.54, 1.807) is 12.1 Å². The molecule has 1 aromatic carbocycles. The van der Waals surface area contributed by atoms with Crippen LogP contribution in [0.5, 0.6) is 0 Å². The Morgan fingerprint density at radius 2 is 1.87 bits per heavy atom. The van der Waals surface area contributed by atoms with Gasteiger partial charge in [-0.2, -0.15) is 13.2 Å². The molecule has 1 heterocycles. The minimum Gasteiger partial charge on any atom is -0.383 e. The standard InChI is InChI=1S/C16H21F3N2O2/c1-11-2-4-13(5-3-11)20-14(22)10-21-8-6-12(7-9-21)15(23)16(17,18)19/h2-5,12,15,23H,6-10H2,1H3,(H,20,22). The van der Waals surface area contributed by atoms with Crippen LogP contribution in [0, 0.1) is 12.8 Å². The van der Waals surface area contributed by atoms with Gasteiger partial charge < -0.3 is 10.4 Å². The smallest absolute Gasteiger partial charge is 0.383 e. The molecule has 23 heavy (non-hydrogen) atoms. The molecular weight excluding hydrogens is 309 g/mol. The third kappa shape index (κ3) is 5.21. The Balaban J connectivity index is 1.77. The number of anilines is 1. The molecule has 0 aromatic heterocycles. The topological polar surface area (TPSA) is 52.6 Å². The number of carbonyl (C=O) groups is 1. The summed E-state index contributed by atoms with van der Waals surface area (Å²) in [5.74, 6) is -0.977. The fourth-order valence-corrected chi connectivity index (χ4v) is 2.73. The molecule has 0 aliphatic carbocycles. The van der Waals surface area contributed by atoms with Crippen LogP contribution in [0.15, 0.2) is 24.3 Å². The number of rotatable bonds is 4. The van der Waals surface area contributed by atoms with Crippen LogP contribution in [-0.4, -0.2) is 47.8 Å². The van der Waals surface area contributed by atoms with Gasteiger partial charge in [0.1, 0.15) is 0 Å². The lowest BCUT2D eigenvalue weighted by atomic mass is 9.91. The molecule has 128 valence electrons. The van der Waals surface area contributed by atoms with Gasteiger partial charge in [-0.3, -0.25) is 9.69 Å². The number of aliphatic hydroxyl groups is 1. The molecule has 7 heteroatoms. The fraction of sp³-hybridized carbons (Fsp3) is 0.562. The van der Waals surface area contributed by atoms with Gasteiger partial charge in [0.25, 0.3) is 0 Å². The Morgan fingerprint density at radius 1 is 1.30 bits per heavy atom. The first kappa shape index (κ1) is 17.7. The van der Waals surface area contributed by atoms with E-state index in [-0.39, 0.29) is 25.3 Å². The molecule has 1 saturated heterocycles. The van der Waals surface area contributed by atoms with Crippen LogP contribution in [0.1, 0.15) is 18.4 Å². The predicted molar refractivity (Wildman–Crippen MR) is 81.0 cm³/mol. The van der Waals surface area contributed by atoms with Gasteiger partial charge in [-0.15, -0.1) is 0 Å². The predicted octanol–water partition coefficient (Wildman–Crippen LogP) is 2.57. The number of nitrogens with one attached hydrogen (secondary N) is 1. The van der Waals surface area contributed by atoms with Gasteiger partial charge in [0.05, 0.1) is 6.54 Å². The van der Waals surface area contributed by atoms with Crippen molar-refractivity contribution < 1.29 is 23.1 Å². The number of hydrogen-bond donors (Lipinski definition) is 2. The fourth-order valence-electron chi connectivity index (χ4n) is 2.73. The second kappa shape index (κ2) is 7.31. The van der Waals surface area contributed by atoms with Gasteiger partial charge in [-0.25, -0.2) is 0 Å². The van der Waals surface area contributed by atoms with Crippen molar-refractivity contribution in [1.29, 1.82) is 0 Å². The average Bonchev–Trinajstić information content (AvgIpc) is 2.49. The number of alkyl halides is 3. The molecule has 4 nitrogen and oxygen atoms in total. The first-order chi connectivity index (χ1) is 10.8. The van der Waals surface area contributed by atoms with Gasteiger partial charge in [-0.1, -0.05) is 17.7 Å². The Kier molecular flexibility index (Phi) is 5.64. The van der Waals surface area contributed by atoms with Crippen molar-refractivity contribution in [1.82, 2.24) is 4.90 Å². The van der Waals surface area contributed by atoms with Crippen LogP contribution in [0.25, 0.3) is 0 Å². The van der Waals surface area contributed by atoms with Crippen LogP contribution in [-0.2, 0) is 4.79 Å². The second-order valence-electron chi connectivity index (χ2n) is 6.01. The molecular formula is C16H21F3N2O2. The summed E-state index contributed by atoms with van der Waals surface area (Å²) >= 11 is 0. The maximum atomic E-state index is 12.5. The molecule has 0 radical (unpaired) electrons. The Morgan fingerprint density at radius 3 is 2.39 bits per heavy atom. The minimum atomic E-state index is -4.57. The molecule has 1 aliphatic rings. The number of aliphatic hydroxyl groups excluding tert-OH is 1. The number of carbonyl (C=O) groups excluding carboxylic acids is 1. The van der Waals surface area contributed by atoms with Crippen molar-refractivity contribution in [2.75, 3.05) is 25.0 Å². The molecule has 1 unspecified atom stereocenters. The zero-order valence-electron chi connectivity index (χ0n) is 12.9. The summed E-state index contributed by atoms with van der Waals surface area (Å²) in [6.45, 7) is 2.84.